The number of carbonyl (C=O) groups is 1. The van der Waals surface area contributed by atoms with Crippen molar-refractivity contribution < 1.29 is 9.53 Å². The van der Waals surface area contributed by atoms with Crippen LogP contribution in [0.4, 0.5) is 10.5 Å². The molecule has 4 rings (SSSR count). The molecule has 1 aliphatic heterocycles. The van der Waals surface area contributed by atoms with Gasteiger partial charge in [0.05, 0.1) is 18.5 Å². The number of hydrogen-bond donors (Lipinski definition) is 1. The Morgan fingerprint density at radius 1 is 1.30 bits per heavy atom. The molecule has 3 aromatic rings. The van der Waals surface area contributed by atoms with E-state index in [2.05, 4.69) is 33.0 Å². The van der Waals surface area contributed by atoms with Crippen molar-refractivity contribution in [2.75, 3.05) is 37.7 Å². The third-order valence-corrected chi connectivity index (χ3v) is 5.06. The predicted molar refractivity (Wildman–Crippen MR) is 104 cm³/mol. The number of nitrogens with one attached hydrogen (secondary N) is 1. The highest BCUT2D eigenvalue weighted by atomic mass is 16.6. The van der Waals surface area contributed by atoms with Crippen LogP contribution in [-0.4, -0.2) is 63.5 Å². The molecule has 1 aliphatic rings. The van der Waals surface area contributed by atoms with E-state index < -0.39 is 0 Å². The molecule has 0 bridgehead atoms. The summed E-state index contributed by atoms with van der Waals surface area (Å²) in [5.74, 6) is 0. The fourth-order valence-electron chi connectivity index (χ4n) is 3.70. The molecule has 8 nitrogen and oxygen atoms in total. The van der Waals surface area contributed by atoms with Crippen LogP contribution in [0.15, 0.2) is 24.7 Å². The first-order valence-corrected chi connectivity index (χ1v) is 9.21. The molecule has 0 radical (unpaired) electrons. The molecular weight excluding hydrogens is 344 g/mol. The normalized spacial score (nSPS) is 14.8. The summed E-state index contributed by atoms with van der Waals surface area (Å²) >= 11 is 0. The van der Waals surface area contributed by atoms with Gasteiger partial charge in [0.25, 0.3) is 0 Å². The van der Waals surface area contributed by atoms with E-state index in [1.54, 1.807) is 9.58 Å². The van der Waals surface area contributed by atoms with Crippen LogP contribution in [-0.2, 0) is 11.8 Å². The molecule has 0 spiro atoms. The highest BCUT2D eigenvalue weighted by molar-refractivity contribution is 5.97. The fourth-order valence-corrected chi connectivity index (χ4v) is 3.70. The number of fused-ring (bicyclic) bond motifs is 1. The molecule has 0 saturated carbocycles. The van der Waals surface area contributed by atoms with Crippen molar-refractivity contribution in [3.8, 4) is 11.3 Å². The second-order valence-electron chi connectivity index (χ2n) is 6.75. The minimum atomic E-state index is -0.228. The Kier molecular flexibility index (Phi) is 4.47. The number of hydrogen-bond acceptors (Lipinski definition) is 5. The summed E-state index contributed by atoms with van der Waals surface area (Å²) in [5.41, 5.74) is 5.27. The van der Waals surface area contributed by atoms with Gasteiger partial charge in [-0.25, -0.2) is 9.78 Å². The second-order valence-corrected chi connectivity index (χ2v) is 6.75. The average Bonchev–Trinajstić information content (AvgIpc) is 3.25. The third-order valence-electron chi connectivity index (χ3n) is 5.06. The lowest BCUT2D eigenvalue weighted by Gasteiger charge is -2.35. The molecule has 8 heteroatoms. The number of ether oxygens (including phenoxy) is 1. The standard InChI is InChI=1S/C19H24N6O2/c1-4-27-19(26)25-9-7-24(8-10-25)15-5-6-20-18-16(15)13(2)17(22-18)14-11-21-23(3)12-14/h5-6,11-12H,4,7-10H2,1-3H3,(H,20,22). The van der Waals surface area contributed by atoms with Crippen molar-refractivity contribution in [1.29, 1.82) is 0 Å². The van der Waals surface area contributed by atoms with E-state index in [-0.39, 0.29) is 6.09 Å². The van der Waals surface area contributed by atoms with Crippen molar-refractivity contribution in [3.63, 3.8) is 0 Å². The monoisotopic (exact) mass is 368 g/mol. The van der Waals surface area contributed by atoms with Crippen LogP contribution >= 0.6 is 0 Å². The molecule has 0 aromatic carbocycles. The zero-order chi connectivity index (χ0) is 19.0. The quantitative estimate of drug-likeness (QED) is 0.769. The van der Waals surface area contributed by atoms with E-state index in [0.717, 1.165) is 46.6 Å². The first kappa shape index (κ1) is 17.4. The number of aromatic amines is 1. The van der Waals surface area contributed by atoms with Crippen LogP contribution in [0.1, 0.15) is 12.5 Å². The molecule has 1 amide bonds. The van der Waals surface area contributed by atoms with Crippen LogP contribution in [0.5, 0.6) is 0 Å². The van der Waals surface area contributed by atoms with Crippen molar-refractivity contribution in [1.82, 2.24) is 24.6 Å². The first-order chi connectivity index (χ1) is 13.1. The summed E-state index contributed by atoms with van der Waals surface area (Å²) in [7, 11) is 1.91. The van der Waals surface area contributed by atoms with Gasteiger partial charge in [0.15, 0.2) is 0 Å². The molecule has 3 aromatic heterocycles. The minimum absolute atomic E-state index is 0.228. The second kappa shape index (κ2) is 6.94. The smallest absolute Gasteiger partial charge is 0.409 e. The molecule has 0 unspecified atom stereocenters. The van der Waals surface area contributed by atoms with Crippen LogP contribution in [0.3, 0.4) is 0 Å². The summed E-state index contributed by atoms with van der Waals surface area (Å²) in [6.45, 7) is 7.19. The topological polar surface area (TPSA) is 79.3 Å². The predicted octanol–water partition coefficient (Wildman–Crippen LogP) is 2.55. The van der Waals surface area contributed by atoms with Gasteiger partial charge < -0.3 is 19.5 Å². The molecule has 27 heavy (non-hydrogen) atoms. The van der Waals surface area contributed by atoms with E-state index >= 15 is 0 Å². The van der Waals surface area contributed by atoms with Crippen molar-refractivity contribution >= 4 is 22.8 Å². The molecular formula is C19H24N6O2. The van der Waals surface area contributed by atoms with Crippen molar-refractivity contribution in [3.05, 3.63) is 30.2 Å². The van der Waals surface area contributed by atoms with Crippen molar-refractivity contribution in [2.45, 2.75) is 13.8 Å². The Bertz CT molecular complexity index is 968. The van der Waals surface area contributed by atoms with Gasteiger partial charge >= 0.3 is 6.09 Å². The SMILES string of the molecule is CCOC(=O)N1CCN(c2ccnc3[nH]c(-c4cnn(C)c4)c(C)c23)CC1. The summed E-state index contributed by atoms with van der Waals surface area (Å²) in [4.78, 5) is 24.0. The van der Waals surface area contributed by atoms with Crippen LogP contribution in [0.25, 0.3) is 22.3 Å². The van der Waals surface area contributed by atoms with Gasteiger partial charge in [-0.3, -0.25) is 4.68 Å². The molecule has 0 atom stereocenters. The number of rotatable bonds is 3. The molecule has 0 aliphatic carbocycles. The molecule has 142 valence electrons. The maximum absolute atomic E-state index is 11.9. The van der Waals surface area contributed by atoms with Crippen LogP contribution in [0, 0.1) is 6.92 Å². The van der Waals surface area contributed by atoms with Gasteiger partial charge in [-0.1, -0.05) is 0 Å². The van der Waals surface area contributed by atoms with Gasteiger partial charge in [0, 0.05) is 62.3 Å². The molecule has 1 N–H and O–H groups in total. The lowest BCUT2D eigenvalue weighted by atomic mass is 10.1. The number of nitrogens with zero attached hydrogens (tertiary/aromatic N) is 5. The summed E-state index contributed by atoms with van der Waals surface area (Å²) in [6, 6.07) is 2.05. The third kappa shape index (κ3) is 3.11. The van der Waals surface area contributed by atoms with Gasteiger partial charge in [0.2, 0.25) is 0 Å². The Hall–Kier alpha value is -3.03. The largest absolute Gasteiger partial charge is 0.450 e. The molecule has 1 fully saturated rings. The molecule has 1 saturated heterocycles. The van der Waals surface area contributed by atoms with Crippen LogP contribution < -0.4 is 4.90 Å². The lowest BCUT2D eigenvalue weighted by Crippen LogP contribution is -2.49. The Morgan fingerprint density at radius 3 is 2.74 bits per heavy atom. The van der Waals surface area contributed by atoms with E-state index in [0.29, 0.717) is 19.7 Å². The maximum atomic E-state index is 11.9. The number of aromatic nitrogens is 4. The van der Waals surface area contributed by atoms with Gasteiger partial charge in [-0.05, 0) is 25.5 Å². The van der Waals surface area contributed by atoms with Crippen molar-refractivity contribution in [2.24, 2.45) is 7.05 Å². The summed E-state index contributed by atoms with van der Waals surface area (Å²) in [5, 5.41) is 5.40. The van der Waals surface area contributed by atoms with E-state index in [1.165, 1.54) is 0 Å². The number of carbonyl (C=O) groups excluding carboxylic acids is 1. The van der Waals surface area contributed by atoms with E-state index in [9.17, 15) is 4.79 Å². The molecule has 4 heterocycles. The van der Waals surface area contributed by atoms with E-state index in [4.69, 9.17) is 4.74 Å². The zero-order valence-electron chi connectivity index (χ0n) is 15.9. The van der Waals surface area contributed by atoms with Crippen LogP contribution in [0.2, 0.25) is 0 Å². The maximum Gasteiger partial charge on any atom is 0.409 e. The number of amides is 1. The number of piperazine rings is 1. The Labute approximate surface area is 157 Å². The Balaban J connectivity index is 1.63. The lowest BCUT2D eigenvalue weighted by molar-refractivity contribution is 0.105. The number of anilines is 1. The summed E-state index contributed by atoms with van der Waals surface area (Å²) < 4.78 is 6.91. The number of pyridine rings is 1. The van der Waals surface area contributed by atoms with E-state index in [1.807, 2.05) is 32.6 Å². The highest BCUT2D eigenvalue weighted by Crippen LogP contribution is 2.35. The van der Waals surface area contributed by atoms with Gasteiger partial charge in [-0.2, -0.15) is 5.10 Å². The highest BCUT2D eigenvalue weighted by Gasteiger charge is 2.24. The number of aryl methyl sites for hydroxylation is 2. The van der Waals surface area contributed by atoms with Gasteiger partial charge in [-0.15, -0.1) is 0 Å². The first-order valence-electron chi connectivity index (χ1n) is 9.21. The zero-order valence-corrected chi connectivity index (χ0v) is 15.9. The fraction of sp³-hybridized carbons (Fsp3) is 0.421. The van der Waals surface area contributed by atoms with Gasteiger partial charge in [0.1, 0.15) is 5.65 Å². The Morgan fingerprint density at radius 2 is 2.07 bits per heavy atom. The number of H-pyrrole nitrogens is 1. The minimum Gasteiger partial charge on any atom is -0.450 e. The average molecular weight is 368 g/mol. The summed E-state index contributed by atoms with van der Waals surface area (Å²) in [6.07, 6.45) is 5.46.